The smallest absolute Gasteiger partial charge is 0.278 e. The Morgan fingerprint density at radius 1 is 0.938 bits per heavy atom. The number of aromatic nitrogens is 2. The van der Waals surface area contributed by atoms with E-state index in [1.165, 1.54) is 4.90 Å². The van der Waals surface area contributed by atoms with Crippen molar-refractivity contribution in [3.05, 3.63) is 92.7 Å². The van der Waals surface area contributed by atoms with Crippen LogP contribution in [0, 0.1) is 20.8 Å². The Kier molecular flexibility index (Phi) is 6.30. The number of carbonyl (C=O) groups is 2. The molecule has 0 spiro atoms. The first-order valence-corrected chi connectivity index (χ1v) is 11.2. The average Bonchev–Trinajstić information content (AvgIpc) is 2.95. The van der Waals surface area contributed by atoms with Crippen molar-refractivity contribution in [2.75, 3.05) is 5.32 Å². The highest BCUT2D eigenvalue weighted by Crippen LogP contribution is 2.35. The van der Waals surface area contributed by atoms with Crippen LogP contribution in [0.4, 0.5) is 5.69 Å². The van der Waals surface area contributed by atoms with Gasteiger partial charge in [0.15, 0.2) is 5.16 Å². The molecule has 0 saturated carbocycles. The predicted molar refractivity (Wildman–Crippen MR) is 126 cm³/mol. The third-order valence-corrected chi connectivity index (χ3v) is 6.14. The largest absolute Gasteiger partial charge is 0.350 e. The van der Waals surface area contributed by atoms with Gasteiger partial charge in [-0.2, -0.15) is 0 Å². The van der Waals surface area contributed by atoms with Crippen LogP contribution in [-0.4, -0.2) is 26.7 Å². The van der Waals surface area contributed by atoms with Crippen LogP contribution in [-0.2, 0) is 16.1 Å². The van der Waals surface area contributed by atoms with Crippen LogP contribution >= 0.6 is 23.4 Å². The summed E-state index contributed by atoms with van der Waals surface area (Å²) in [6.07, 6.45) is 0. The molecule has 3 aromatic rings. The number of carbonyl (C=O) groups excluding carboxylic acids is 2. The molecule has 1 aliphatic rings. The molecule has 0 unspecified atom stereocenters. The van der Waals surface area contributed by atoms with Gasteiger partial charge in [-0.3, -0.25) is 14.5 Å². The third kappa shape index (κ3) is 4.69. The van der Waals surface area contributed by atoms with Crippen molar-refractivity contribution < 1.29 is 9.59 Å². The number of amides is 2. The molecule has 32 heavy (non-hydrogen) atoms. The van der Waals surface area contributed by atoms with E-state index >= 15 is 0 Å². The number of halogens is 1. The van der Waals surface area contributed by atoms with Crippen molar-refractivity contribution in [1.82, 2.24) is 14.9 Å². The third-order valence-electron chi connectivity index (χ3n) is 4.94. The molecule has 1 aromatic heterocycles. The number of hydrogen-bond acceptors (Lipinski definition) is 6. The van der Waals surface area contributed by atoms with E-state index in [0.29, 0.717) is 10.2 Å². The first-order chi connectivity index (χ1) is 15.3. The van der Waals surface area contributed by atoms with E-state index < -0.39 is 0 Å². The van der Waals surface area contributed by atoms with Crippen LogP contribution in [0.15, 0.2) is 70.4 Å². The molecular weight excluding hydrogens is 444 g/mol. The van der Waals surface area contributed by atoms with E-state index in [-0.39, 0.29) is 29.0 Å². The first-order valence-electron chi connectivity index (χ1n) is 9.99. The Balaban J connectivity index is 1.71. The number of thioether (sulfide) groups is 1. The minimum atomic E-state index is -0.389. The van der Waals surface area contributed by atoms with Gasteiger partial charge < -0.3 is 5.32 Å². The van der Waals surface area contributed by atoms with Crippen LogP contribution < -0.4 is 5.32 Å². The lowest BCUT2D eigenvalue weighted by Crippen LogP contribution is -2.32. The van der Waals surface area contributed by atoms with Crippen molar-refractivity contribution in [2.45, 2.75) is 32.5 Å². The summed E-state index contributed by atoms with van der Waals surface area (Å²) in [5.41, 5.74) is 4.35. The number of nitrogens with one attached hydrogen (secondary N) is 1. The van der Waals surface area contributed by atoms with Gasteiger partial charge in [0.2, 0.25) is 0 Å². The average molecular weight is 465 g/mol. The lowest BCUT2D eigenvalue weighted by Gasteiger charge is -2.15. The summed E-state index contributed by atoms with van der Waals surface area (Å²) in [5.74, 6) is -0.770. The zero-order valence-electron chi connectivity index (χ0n) is 17.8. The fraction of sp³-hybridized carbons (Fsp3) is 0.167. The molecule has 0 bridgehead atoms. The van der Waals surface area contributed by atoms with Gasteiger partial charge in [-0.25, -0.2) is 9.97 Å². The fourth-order valence-corrected chi connectivity index (χ4v) is 4.48. The number of benzene rings is 2. The lowest BCUT2D eigenvalue weighted by atomic mass is 10.2. The minimum Gasteiger partial charge on any atom is -0.350 e. The normalized spacial score (nSPS) is 13.8. The quantitative estimate of drug-likeness (QED) is 0.407. The number of hydrogen-bond donors (Lipinski definition) is 1. The molecule has 0 saturated heterocycles. The number of rotatable bonds is 6. The van der Waals surface area contributed by atoms with Crippen LogP contribution in [0.5, 0.6) is 0 Å². The van der Waals surface area contributed by atoms with Crippen molar-refractivity contribution in [2.24, 2.45) is 0 Å². The van der Waals surface area contributed by atoms with E-state index in [9.17, 15) is 9.59 Å². The summed E-state index contributed by atoms with van der Waals surface area (Å²) in [6, 6.07) is 16.5. The van der Waals surface area contributed by atoms with E-state index in [1.807, 2.05) is 51.1 Å². The zero-order chi connectivity index (χ0) is 22.8. The predicted octanol–water partition coefficient (Wildman–Crippen LogP) is 5.04. The highest BCUT2D eigenvalue weighted by molar-refractivity contribution is 8.04. The van der Waals surface area contributed by atoms with Crippen molar-refractivity contribution in [1.29, 1.82) is 0 Å². The summed E-state index contributed by atoms with van der Waals surface area (Å²) in [6.45, 7) is 5.82. The Morgan fingerprint density at radius 3 is 2.25 bits per heavy atom. The van der Waals surface area contributed by atoms with Crippen molar-refractivity contribution >= 4 is 40.9 Å². The molecule has 1 N–H and O–H groups in total. The van der Waals surface area contributed by atoms with Gasteiger partial charge in [0.05, 0.1) is 6.54 Å². The van der Waals surface area contributed by atoms with Gasteiger partial charge in [-0.05, 0) is 67.9 Å². The molecule has 4 rings (SSSR count). The Labute approximate surface area is 195 Å². The molecule has 0 fully saturated rings. The summed E-state index contributed by atoms with van der Waals surface area (Å²) in [5, 5.41) is 4.20. The van der Waals surface area contributed by atoms with Gasteiger partial charge in [-0.15, -0.1) is 0 Å². The number of nitrogens with zero attached hydrogens (tertiary/aromatic N) is 3. The maximum absolute atomic E-state index is 13.4. The molecule has 0 radical (unpaired) electrons. The van der Waals surface area contributed by atoms with Gasteiger partial charge in [0.25, 0.3) is 11.8 Å². The summed E-state index contributed by atoms with van der Waals surface area (Å²) in [4.78, 5) is 37.1. The van der Waals surface area contributed by atoms with E-state index in [1.54, 1.807) is 24.3 Å². The molecular formula is C24H21ClN4O2S. The standard InChI is InChI=1S/C24H21ClN4O2S/c1-14-6-4-5-7-19(14)28-20-21(32-24-26-15(2)12-16(3)27-24)23(31)29(22(20)30)13-17-8-10-18(25)11-9-17/h4-12,28H,13H2,1-3H3. The van der Waals surface area contributed by atoms with Crippen LogP contribution in [0.25, 0.3) is 0 Å². The number of aryl methyl sites for hydroxylation is 3. The molecule has 6 nitrogen and oxygen atoms in total. The number of imide groups is 1. The monoisotopic (exact) mass is 464 g/mol. The molecule has 1 aliphatic heterocycles. The maximum atomic E-state index is 13.4. The zero-order valence-corrected chi connectivity index (χ0v) is 19.4. The van der Waals surface area contributed by atoms with Crippen LogP contribution in [0.1, 0.15) is 22.5 Å². The highest BCUT2D eigenvalue weighted by atomic mass is 35.5. The second kappa shape index (κ2) is 9.14. The molecule has 8 heteroatoms. The van der Waals surface area contributed by atoms with E-state index in [2.05, 4.69) is 15.3 Å². The number of anilines is 1. The summed E-state index contributed by atoms with van der Waals surface area (Å²) in [7, 11) is 0. The number of para-hydroxylation sites is 1. The van der Waals surface area contributed by atoms with Gasteiger partial charge >= 0.3 is 0 Å². The second-order valence-corrected chi connectivity index (χ2v) is 8.92. The van der Waals surface area contributed by atoms with E-state index in [4.69, 9.17) is 11.6 Å². The maximum Gasteiger partial charge on any atom is 0.278 e. The van der Waals surface area contributed by atoms with Gasteiger partial charge in [0.1, 0.15) is 10.6 Å². The highest BCUT2D eigenvalue weighted by Gasteiger charge is 2.39. The van der Waals surface area contributed by atoms with Gasteiger partial charge in [-0.1, -0.05) is 41.9 Å². The Hall–Kier alpha value is -3.16. The van der Waals surface area contributed by atoms with Crippen LogP contribution in [0.3, 0.4) is 0 Å². The first kappa shape index (κ1) is 22.0. The molecule has 2 amide bonds. The second-order valence-electron chi connectivity index (χ2n) is 7.50. The molecule has 0 atom stereocenters. The van der Waals surface area contributed by atoms with Crippen molar-refractivity contribution in [3.8, 4) is 0 Å². The summed E-state index contributed by atoms with van der Waals surface area (Å²) >= 11 is 7.07. The summed E-state index contributed by atoms with van der Waals surface area (Å²) < 4.78 is 0. The molecule has 162 valence electrons. The lowest BCUT2D eigenvalue weighted by molar-refractivity contribution is -0.137. The van der Waals surface area contributed by atoms with Crippen molar-refractivity contribution in [3.63, 3.8) is 0 Å². The molecule has 2 heterocycles. The fourth-order valence-electron chi connectivity index (χ4n) is 3.35. The Morgan fingerprint density at radius 2 is 1.59 bits per heavy atom. The minimum absolute atomic E-state index is 0.144. The Bertz CT molecular complexity index is 1220. The van der Waals surface area contributed by atoms with E-state index in [0.717, 1.165) is 40.0 Å². The van der Waals surface area contributed by atoms with Crippen LogP contribution in [0.2, 0.25) is 5.02 Å². The SMILES string of the molecule is Cc1cc(C)nc(SC2=C(Nc3ccccc3C)C(=O)N(Cc3ccc(Cl)cc3)C2=O)n1. The molecule has 2 aromatic carbocycles. The van der Waals surface area contributed by atoms with Gasteiger partial charge in [0, 0.05) is 22.1 Å². The molecule has 0 aliphatic carbocycles. The topological polar surface area (TPSA) is 75.2 Å².